The van der Waals surface area contributed by atoms with Crippen LogP contribution in [-0.2, 0) is 6.54 Å². The van der Waals surface area contributed by atoms with E-state index < -0.39 is 0 Å². The summed E-state index contributed by atoms with van der Waals surface area (Å²) in [5.74, 6) is -0.328. The molecular formula is C15H21FN2OS. The van der Waals surface area contributed by atoms with Crippen LogP contribution in [0, 0.1) is 5.82 Å². The first-order chi connectivity index (χ1) is 9.61. The number of nitrogens with two attached hydrogens (primary N) is 1. The second kappa shape index (κ2) is 7.11. The van der Waals surface area contributed by atoms with E-state index in [1.807, 2.05) is 0 Å². The monoisotopic (exact) mass is 296 g/mol. The van der Waals surface area contributed by atoms with Crippen molar-refractivity contribution >= 4 is 17.2 Å². The fourth-order valence-electron chi connectivity index (χ4n) is 2.92. The normalized spacial score (nSPS) is 15.9. The van der Waals surface area contributed by atoms with Gasteiger partial charge in [0.15, 0.2) is 0 Å². The van der Waals surface area contributed by atoms with Gasteiger partial charge in [0.05, 0.1) is 6.61 Å². The molecule has 1 aromatic rings. The van der Waals surface area contributed by atoms with Gasteiger partial charge in [0.1, 0.15) is 10.8 Å². The van der Waals surface area contributed by atoms with Gasteiger partial charge in [0.25, 0.3) is 0 Å². The number of hydrogen-bond donors (Lipinski definition) is 2. The maximum atomic E-state index is 13.3. The van der Waals surface area contributed by atoms with Gasteiger partial charge in [-0.2, -0.15) is 0 Å². The first-order valence-corrected chi connectivity index (χ1v) is 7.45. The summed E-state index contributed by atoms with van der Waals surface area (Å²) in [7, 11) is 0. The molecule has 0 aliphatic heterocycles. The third-order valence-corrected chi connectivity index (χ3v) is 4.16. The summed E-state index contributed by atoms with van der Waals surface area (Å²) in [5.41, 5.74) is 7.21. The zero-order chi connectivity index (χ0) is 14.5. The summed E-state index contributed by atoms with van der Waals surface area (Å²) in [6.45, 7) is 1.40. The highest BCUT2D eigenvalue weighted by Crippen LogP contribution is 2.25. The quantitative estimate of drug-likeness (QED) is 0.790. The Morgan fingerprint density at radius 3 is 2.70 bits per heavy atom. The largest absolute Gasteiger partial charge is 0.395 e. The molecule has 0 radical (unpaired) electrons. The minimum Gasteiger partial charge on any atom is -0.395 e. The number of hydrogen-bond acceptors (Lipinski definition) is 3. The summed E-state index contributed by atoms with van der Waals surface area (Å²) < 4.78 is 13.3. The standard InChI is InChI=1S/C15H21FN2OS/c16-12-6-5-11(14(9-12)15(17)20)10-18(7-8-19)13-3-1-2-4-13/h5-6,9,13,19H,1-4,7-8,10H2,(H2,17,20). The van der Waals surface area contributed by atoms with Gasteiger partial charge < -0.3 is 10.8 Å². The Bertz CT molecular complexity index is 475. The number of aliphatic hydroxyl groups excluding tert-OH is 1. The Morgan fingerprint density at radius 2 is 2.10 bits per heavy atom. The zero-order valence-corrected chi connectivity index (χ0v) is 12.3. The van der Waals surface area contributed by atoms with Crippen molar-refractivity contribution in [2.24, 2.45) is 5.73 Å². The molecule has 20 heavy (non-hydrogen) atoms. The van der Waals surface area contributed by atoms with Crippen molar-refractivity contribution in [2.45, 2.75) is 38.3 Å². The van der Waals surface area contributed by atoms with E-state index in [2.05, 4.69) is 4.90 Å². The minimum absolute atomic E-state index is 0.125. The highest BCUT2D eigenvalue weighted by Gasteiger charge is 2.23. The molecule has 1 fully saturated rings. The average molecular weight is 296 g/mol. The van der Waals surface area contributed by atoms with Gasteiger partial charge in [-0.3, -0.25) is 4.90 Å². The van der Waals surface area contributed by atoms with Gasteiger partial charge in [-0.25, -0.2) is 4.39 Å². The maximum Gasteiger partial charge on any atom is 0.123 e. The van der Waals surface area contributed by atoms with Gasteiger partial charge >= 0.3 is 0 Å². The Labute approximate surface area is 124 Å². The minimum atomic E-state index is -0.328. The molecule has 3 N–H and O–H groups in total. The van der Waals surface area contributed by atoms with Crippen molar-refractivity contribution in [2.75, 3.05) is 13.2 Å². The van der Waals surface area contributed by atoms with E-state index in [1.165, 1.54) is 25.0 Å². The maximum absolute atomic E-state index is 13.3. The molecule has 1 aromatic carbocycles. The first-order valence-electron chi connectivity index (χ1n) is 7.05. The van der Waals surface area contributed by atoms with Crippen molar-refractivity contribution < 1.29 is 9.50 Å². The molecule has 1 saturated carbocycles. The predicted octanol–water partition coefficient (Wildman–Crippen LogP) is 2.20. The molecule has 3 nitrogen and oxygen atoms in total. The van der Waals surface area contributed by atoms with Crippen LogP contribution in [0.25, 0.3) is 0 Å². The second-order valence-corrected chi connectivity index (χ2v) is 5.74. The molecule has 0 aromatic heterocycles. The number of nitrogens with zero attached hydrogens (tertiary/aromatic N) is 1. The highest BCUT2D eigenvalue weighted by atomic mass is 32.1. The van der Waals surface area contributed by atoms with E-state index in [0.29, 0.717) is 24.7 Å². The third kappa shape index (κ3) is 3.75. The molecule has 0 unspecified atom stereocenters. The molecule has 110 valence electrons. The summed E-state index contributed by atoms with van der Waals surface area (Å²) >= 11 is 5.00. The summed E-state index contributed by atoms with van der Waals surface area (Å²) in [5, 5.41) is 9.25. The number of thiocarbonyl (C=S) groups is 1. The van der Waals surface area contributed by atoms with Crippen LogP contribution in [0.4, 0.5) is 4.39 Å². The smallest absolute Gasteiger partial charge is 0.123 e. The van der Waals surface area contributed by atoms with Crippen molar-refractivity contribution in [3.63, 3.8) is 0 Å². The lowest BCUT2D eigenvalue weighted by atomic mass is 10.1. The van der Waals surface area contributed by atoms with Gasteiger partial charge in [0.2, 0.25) is 0 Å². The molecule has 0 bridgehead atoms. The predicted molar refractivity (Wildman–Crippen MR) is 82.0 cm³/mol. The van der Waals surface area contributed by atoms with Crippen LogP contribution in [0.3, 0.4) is 0 Å². The molecule has 2 rings (SSSR count). The Balaban J connectivity index is 2.19. The topological polar surface area (TPSA) is 49.5 Å². The van der Waals surface area contributed by atoms with Crippen molar-refractivity contribution in [1.29, 1.82) is 0 Å². The summed E-state index contributed by atoms with van der Waals surface area (Å²) in [6, 6.07) is 5.06. The lowest BCUT2D eigenvalue weighted by molar-refractivity contribution is 0.144. The number of rotatable bonds is 6. The van der Waals surface area contributed by atoms with E-state index in [0.717, 1.165) is 18.4 Å². The molecule has 1 aliphatic carbocycles. The van der Waals surface area contributed by atoms with Gasteiger partial charge in [0, 0.05) is 24.7 Å². The van der Waals surface area contributed by atoms with Gasteiger partial charge in [-0.1, -0.05) is 31.1 Å². The Hall–Kier alpha value is -1.04. The van der Waals surface area contributed by atoms with E-state index in [9.17, 15) is 9.50 Å². The first kappa shape index (κ1) is 15.4. The van der Waals surface area contributed by atoms with E-state index in [1.54, 1.807) is 6.07 Å². The molecule has 0 atom stereocenters. The van der Waals surface area contributed by atoms with Crippen LogP contribution < -0.4 is 5.73 Å². The van der Waals surface area contributed by atoms with Crippen LogP contribution in [-0.4, -0.2) is 34.2 Å². The number of aliphatic hydroxyl groups is 1. The summed E-state index contributed by atoms with van der Waals surface area (Å²) in [6.07, 6.45) is 4.78. The van der Waals surface area contributed by atoms with E-state index in [-0.39, 0.29) is 17.4 Å². The molecule has 5 heteroatoms. The van der Waals surface area contributed by atoms with Crippen LogP contribution >= 0.6 is 12.2 Å². The van der Waals surface area contributed by atoms with Crippen LogP contribution in [0.2, 0.25) is 0 Å². The number of halogens is 1. The van der Waals surface area contributed by atoms with Crippen molar-refractivity contribution in [3.05, 3.63) is 35.1 Å². The van der Waals surface area contributed by atoms with Crippen LogP contribution in [0.15, 0.2) is 18.2 Å². The second-order valence-electron chi connectivity index (χ2n) is 5.30. The zero-order valence-electron chi connectivity index (χ0n) is 11.5. The summed E-state index contributed by atoms with van der Waals surface area (Å²) in [4.78, 5) is 2.47. The van der Waals surface area contributed by atoms with E-state index >= 15 is 0 Å². The molecule has 0 heterocycles. The van der Waals surface area contributed by atoms with Gasteiger partial charge in [-0.15, -0.1) is 0 Å². The lowest BCUT2D eigenvalue weighted by Gasteiger charge is -2.28. The fraction of sp³-hybridized carbons (Fsp3) is 0.533. The Morgan fingerprint density at radius 1 is 1.40 bits per heavy atom. The highest BCUT2D eigenvalue weighted by molar-refractivity contribution is 7.80. The molecule has 0 amide bonds. The molecule has 0 saturated heterocycles. The van der Waals surface area contributed by atoms with Crippen LogP contribution in [0.1, 0.15) is 36.8 Å². The Kier molecular flexibility index (Phi) is 5.46. The van der Waals surface area contributed by atoms with E-state index in [4.69, 9.17) is 18.0 Å². The van der Waals surface area contributed by atoms with Crippen molar-refractivity contribution in [1.82, 2.24) is 4.90 Å². The molecular weight excluding hydrogens is 275 g/mol. The third-order valence-electron chi connectivity index (χ3n) is 3.94. The van der Waals surface area contributed by atoms with Crippen LogP contribution in [0.5, 0.6) is 0 Å². The molecule has 0 spiro atoms. The van der Waals surface area contributed by atoms with Gasteiger partial charge in [-0.05, 0) is 30.5 Å². The molecule has 1 aliphatic rings. The lowest BCUT2D eigenvalue weighted by Crippen LogP contribution is -2.35. The average Bonchev–Trinajstić information content (AvgIpc) is 2.93. The van der Waals surface area contributed by atoms with Crippen molar-refractivity contribution in [3.8, 4) is 0 Å². The fourth-order valence-corrected chi connectivity index (χ4v) is 3.11. The number of benzene rings is 1. The SMILES string of the molecule is NC(=S)c1cc(F)ccc1CN(CCO)C1CCCC1.